The van der Waals surface area contributed by atoms with Crippen molar-refractivity contribution in [1.29, 1.82) is 0 Å². The summed E-state index contributed by atoms with van der Waals surface area (Å²) in [7, 11) is -4.10. The second kappa shape index (κ2) is 10.1. The summed E-state index contributed by atoms with van der Waals surface area (Å²) in [5.74, 6) is 0.232. The van der Waals surface area contributed by atoms with Gasteiger partial charge in [0.05, 0.1) is 17.2 Å². The fourth-order valence-corrected chi connectivity index (χ4v) is 5.57. The summed E-state index contributed by atoms with van der Waals surface area (Å²) in [4.78, 5) is 17.3. The highest BCUT2D eigenvalue weighted by molar-refractivity contribution is 7.93. The highest BCUT2D eigenvalue weighted by Crippen LogP contribution is 2.31. The van der Waals surface area contributed by atoms with Crippen LogP contribution in [0.3, 0.4) is 0 Å². The molecule has 3 aromatic carbocycles. The number of amides is 1. The monoisotopic (exact) mass is 489 g/mol. The average molecular weight is 490 g/mol. The standard InChI is InChI=1S/C27H27N3O4S/c1-4-34-23-13-11-22(12-14-23)29-27(31)18-30(25-9-5-7-19(2)20(25)3)35(32,33)26-10-6-8-21-17-28-16-15-24(21)26/h5-17H,4,18H2,1-3H3,(H,29,31). The molecule has 0 aliphatic heterocycles. The number of nitrogens with one attached hydrogen (secondary N) is 1. The summed E-state index contributed by atoms with van der Waals surface area (Å²) in [6.07, 6.45) is 3.18. The molecule has 0 atom stereocenters. The lowest BCUT2D eigenvalue weighted by molar-refractivity contribution is -0.114. The first-order chi connectivity index (χ1) is 16.8. The Bertz CT molecular complexity index is 1460. The van der Waals surface area contributed by atoms with Gasteiger partial charge in [0.1, 0.15) is 12.3 Å². The molecule has 0 radical (unpaired) electrons. The molecule has 0 aliphatic rings. The molecule has 4 aromatic rings. The van der Waals surface area contributed by atoms with Crippen molar-refractivity contribution in [3.8, 4) is 5.75 Å². The van der Waals surface area contributed by atoms with E-state index in [1.54, 1.807) is 67.0 Å². The van der Waals surface area contributed by atoms with Gasteiger partial charge in [-0.25, -0.2) is 8.42 Å². The second-order valence-electron chi connectivity index (χ2n) is 8.09. The number of aromatic nitrogens is 1. The zero-order valence-electron chi connectivity index (χ0n) is 19.9. The van der Waals surface area contributed by atoms with Gasteiger partial charge in [0.2, 0.25) is 5.91 Å². The Labute approximate surface area is 205 Å². The maximum Gasteiger partial charge on any atom is 0.265 e. The molecule has 0 unspecified atom stereocenters. The number of benzene rings is 3. The van der Waals surface area contributed by atoms with Gasteiger partial charge in [-0.2, -0.15) is 0 Å². The molecule has 0 spiro atoms. The Kier molecular flexibility index (Phi) is 7.02. The number of sulfonamides is 1. The van der Waals surface area contributed by atoms with Crippen molar-refractivity contribution in [2.45, 2.75) is 25.7 Å². The summed E-state index contributed by atoms with van der Waals surface area (Å²) in [6.45, 7) is 5.81. The molecule has 1 aromatic heterocycles. The van der Waals surface area contributed by atoms with Gasteiger partial charge in [0, 0.05) is 28.9 Å². The van der Waals surface area contributed by atoms with Crippen LogP contribution in [0.1, 0.15) is 18.1 Å². The first-order valence-corrected chi connectivity index (χ1v) is 12.7. The molecule has 8 heteroatoms. The molecule has 1 heterocycles. The maximum absolute atomic E-state index is 14.0. The van der Waals surface area contributed by atoms with E-state index in [1.807, 2.05) is 32.9 Å². The fraction of sp³-hybridized carbons (Fsp3) is 0.185. The third kappa shape index (κ3) is 5.12. The van der Waals surface area contributed by atoms with E-state index < -0.39 is 15.9 Å². The summed E-state index contributed by atoms with van der Waals surface area (Å²) in [5.41, 5.74) is 2.72. The van der Waals surface area contributed by atoms with Crippen molar-refractivity contribution in [1.82, 2.24) is 4.98 Å². The molecule has 180 valence electrons. The Hall–Kier alpha value is -3.91. The highest BCUT2D eigenvalue weighted by Gasteiger charge is 2.30. The van der Waals surface area contributed by atoms with E-state index in [0.717, 1.165) is 11.1 Å². The molecule has 0 saturated heterocycles. The lowest BCUT2D eigenvalue weighted by atomic mass is 10.1. The summed E-state index contributed by atoms with van der Waals surface area (Å²) in [5, 5.41) is 4.04. The molecule has 0 saturated carbocycles. The molecular weight excluding hydrogens is 462 g/mol. The van der Waals surface area contributed by atoms with Gasteiger partial charge >= 0.3 is 0 Å². The van der Waals surface area contributed by atoms with Gasteiger partial charge < -0.3 is 10.1 Å². The number of carbonyl (C=O) groups excluding carboxylic acids is 1. The van der Waals surface area contributed by atoms with Crippen LogP contribution in [0.2, 0.25) is 0 Å². The normalized spacial score (nSPS) is 11.3. The van der Waals surface area contributed by atoms with Crippen molar-refractivity contribution < 1.29 is 17.9 Å². The minimum Gasteiger partial charge on any atom is -0.494 e. The van der Waals surface area contributed by atoms with E-state index >= 15 is 0 Å². The predicted molar refractivity (Wildman–Crippen MR) is 138 cm³/mol. The van der Waals surface area contributed by atoms with E-state index in [9.17, 15) is 13.2 Å². The Morgan fingerprint density at radius 2 is 1.74 bits per heavy atom. The summed E-state index contributed by atoms with van der Waals surface area (Å²) < 4.78 is 34.7. The average Bonchev–Trinajstić information content (AvgIpc) is 2.85. The number of pyridine rings is 1. The SMILES string of the molecule is CCOc1ccc(NC(=O)CN(c2cccc(C)c2C)S(=O)(=O)c2cccc3cnccc23)cc1. The van der Waals surface area contributed by atoms with Gasteiger partial charge in [0.15, 0.2) is 0 Å². The van der Waals surface area contributed by atoms with E-state index in [1.165, 1.54) is 4.31 Å². The first-order valence-electron chi connectivity index (χ1n) is 11.3. The van der Waals surface area contributed by atoms with Crippen LogP contribution in [0.25, 0.3) is 10.8 Å². The Morgan fingerprint density at radius 3 is 2.49 bits per heavy atom. The number of hydrogen-bond acceptors (Lipinski definition) is 5. The number of aryl methyl sites for hydroxylation is 1. The van der Waals surface area contributed by atoms with Crippen LogP contribution in [0.15, 0.2) is 84.0 Å². The van der Waals surface area contributed by atoms with E-state index in [-0.39, 0.29) is 11.4 Å². The second-order valence-corrected chi connectivity index (χ2v) is 9.92. The van der Waals surface area contributed by atoms with Gasteiger partial charge in [0.25, 0.3) is 10.0 Å². The molecule has 1 amide bonds. The van der Waals surface area contributed by atoms with Crippen molar-refractivity contribution >= 4 is 38.1 Å². The van der Waals surface area contributed by atoms with E-state index in [2.05, 4.69) is 10.3 Å². The van der Waals surface area contributed by atoms with E-state index in [0.29, 0.717) is 34.5 Å². The number of ether oxygens (including phenoxy) is 1. The third-order valence-electron chi connectivity index (χ3n) is 5.79. The quantitative estimate of drug-likeness (QED) is 0.373. The van der Waals surface area contributed by atoms with Crippen LogP contribution in [0.5, 0.6) is 5.75 Å². The molecule has 0 fully saturated rings. The van der Waals surface area contributed by atoms with Crippen LogP contribution in [-0.2, 0) is 14.8 Å². The highest BCUT2D eigenvalue weighted by atomic mass is 32.2. The number of rotatable bonds is 8. The molecule has 0 aliphatic carbocycles. The van der Waals surface area contributed by atoms with Crippen molar-refractivity contribution in [3.63, 3.8) is 0 Å². The van der Waals surface area contributed by atoms with Crippen LogP contribution < -0.4 is 14.4 Å². The molecule has 35 heavy (non-hydrogen) atoms. The van der Waals surface area contributed by atoms with Gasteiger partial charge in [-0.1, -0.05) is 24.3 Å². The van der Waals surface area contributed by atoms with Crippen LogP contribution in [0.4, 0.5) is 11.4 Å². The number of hydrogen-bond donors (Lipinski definition) is 1. The fourth-order valence-electron chi connectivity index (χ4n) is 3.87. The number of anilines is 2. The minimum absolute atomic E-state index is 0.118. The molecular formula is C27H27N3O4S. The van der Waals surface area contributed by atoms with Crippen molar-refractivity contribution in [3.05, 3.63) is 90.3 Å². The van der Waals surface area contributed by atoms with Gasteiger partial charge in [-0.15, -0.1) is 0 Å². The number of nitrogens with zero attached hydrogens (tertiary/aromatic N) is 2. The molecule has 7 nitrogen and oxygen atoms in total. The minimum atomic E-state index is -4.10. The smallest absolute Gasteiger partial charge is 0.265 e. The number of fused-ring (bicyclic) bond motifs is 1. The van der Waals surface area contributed by atoms with Gasteiger partial charge in [-0.05, 0) is 74.4 Å². The number of carbonyl (C=O) groups is 1. The van der Waals surface area contributed by atoms with E-state index in [4.69, 9.17) is 4.74 Å². The molecule has 0 bridgehead atoms. The van der Waals surface area contributed by atoms with Gasteiger partial charge in [-0.3, -0.25) is 14.1 Å². The largest absolute Gasteiger partial charge is 0.494 e. The Morgan fingerprint density at radius 1 is 1.00 bits per heavy atom. The molecule has 4 rings (SSSR count). The van der Waals surface area contributed by atoms with Crippen LogP contribution in [-0.4, -0.2) is 32.5 Å². The third-order valence-corrected chi connectivity index (χ3v) is 7.61. The molecule has 1 N–H and O–H groups in total. The zero-order chi connectivity index (χ0) is 25.0. The first kappa shape index (κ1) is 24.2. The maximum atomic E-state index is 14.0. The lowest BCUT2D eigenvalue weighted by Crippen LogP contribution is -2.38. The summed E-state index contributed by atoms with van der Waals surface area (Å²) in [6, 6.07) is 19.1. The summed E-state index contributed by atoms with van der Waals surface area (Å²) >= 11 is 0. The lowest BCUT2D eigenvalue weighted by Gasteiger charge is -2.27. The predicted octanol–water partition coefficient (Wildman–Crippen LogP) is 5.08. The van der Waals surface area contributed by atoms with Crippen molar-refractivity contribution in [2.24, 2.45) is 0 Å². The van der Waals surface area contributed by atoms with Crippen LogP contribution >= 0.6 is 0 Å². The van der Waals surface area contributed by atoms with Crippen molar-refractivity contribution in [2.75, 3.05) is 22.8 Å². The topological polar surface area (TPSA) is 88.6 Å². The van der Waals surface area contributed by atoms with Crippen LogP contribution in [0, 0.1) is 13.8 Å². The Balaban J connectivity index is 1.73. The zero-order valence-corrected chi connectivity index (χ0v) is 20.7.